The lowest BCUT2D eigenvalue weighted by Crippen LogP contribution is -2.21. The summed E-state index contributed by atoms with van der Waals surface area (Å²) in [5.74, 6) is 0.519. The Morgan fingerprint density at radius 2 is 1.80 bits per heavy atom. The number of hydrogen-bond acceptors (Lipinski definition) is 3. The Bertz CT molecular complexity index is 612. The van der Waals surface area contributed by atoms with Crippen LogP contribution >= 0.6 is 11.3 Å². The molecule has 1 amide bonds. The molecule has 0 fully saturated rings. The van der Waals surface area contributed by atoms with E-state index in [1.807, 2.05) is 24.3 Å². The van der Waals surface area contributed by atoms with Crippen LogP contribution in [-0.2, 0) is 0 Å². The van der Waals surface area contributed by atoms with Gasteiger partial charge in [0.15, 0.2) is 0 Å². The van der Waals surface area contributed by atoms with E-state index in [1.54, 1.807) is 30.3 Å². The molecule has 0 N–H and O–H groups in total. The first kappa shape index (κ1) is 14.7. The van der Waals surface area contributed by atoms with Gasteiger partial charge in [0.1, 0.15) is 5.01 Å². The van der Waals surface area contributed by atoms with Crippen molar-refractivity contribution in [2.75, 3.05) is 14.1 Å². The second kappa shape index (κ2) is 5.75. The molecule has 1 aromatic heterocycles. The van der Waals surface area contributed by atoms with Gasteiger partial charge in [-0.1, -0.05) is 26.0 Å². The number of rotatable bonds is 3. The number of hydrogen-bond donors (Lipinski definition) is 0. The maximum atomic E-state index is 11.9. The summed E-state index contributed by atoms with van der Waals surface area (Å²) in [6.45, 7) is 6.42. The van der Waals surface area contributed by atoms with Gasteiger partial charge in [-0.2, -0.15) is 0 Å². The normalized spacial score (nSPS) is 10.9. The SMILES string of the molecule is Cc1nc(-c2ccc(C(=O)N(C)C)cc2)sc1C(C)C. The average molecular weight is 288 g/mol. The van der Waals surface area contributed by atoms with Crippen LogP contribution in [0.2, 0.25) is 0 Å². The maximum absolute atomic E-state index is 11.9. The lowest BCUT2D eigenvalue weighted by Gasteiger charge is -2.10. The highest BCUT2D eigenvalue weighted by Crippen LogP contribution is 2.32. The van der Waals surface area contributed by atoms with Crippen molar-refractivity contribution in [1.29, 1.82) is 0 Å². The summed E-state index contributed by atoms with van der Waals surface area (Å²) in [7, 11) is 3.52. The second-order valence-electron chi connectivity index (χ2n) is 5.40. The number of aryl methyl sites for hydroxylation is 1. The summed E-state index contributed by atoms with van der Waals surface area (Å²) in [6, 6.07) is 7.67. The van der Waals surface area contributed by atoms with Crippen molar-refractivity contribution in [3.63, 3.8) is 0 Å². The summed E-state index contributed by atoms with van der Waals surface area (Å²) in [5, 5.41) is 1.02. The number of nitrogens with zero attached hydrogens (tertiary/aromatic N) is 2. The second-order valence-corrected chi connectivity index (χ2v) is 6.43. The lowest BCUT2D eigenvalue weighted by molar-refractivity contribution is 0.0827. The predicted octanol–water partition coefficient (Wildman–Crippen LogP) is 3.94. The Hall–Kier alpha value is -1.68. The molecule has 1 heterocycles. The van der Waals surface area contributed by atoms with Crippen LogP contribution in [0.15, 0.2) is 24.3 Å². The van der Waals surface area contributed by atoms with Crippen LogP contribution in [0.25, 0.3) is 10.6 Å². The van der Waals surface area contributed by atoms with Gasteiger partial charge in [0.05, 0.1) is 5.69 Å². The molecule has 0 spiro atoms. The third-order valence-corrected chi connectivity index (χ3v) is 4.65. The van der Waals surface area contributed by atoms with Crippen molar-refractivity contribution in [3.05, 3.63) is 40.4 Å². The van der Waals surface area contributed by atoms with Gasteiger partial charge in [-0.05, 0) is 25.0 Å². The van der Waals surface area contributed by atoms with Crippen molar-refractivity contribution in [2.45, 2.75) is 26.7 Å². The van der Waals surface area contributed by atoms with Gasteiger partial charge >= 0.3 is 0 Å². The van der Waals surface area contributed by atoms with Gasteiger partial charge < -0.3 is 4.90 Å². The van der Waals surface area contributed by atoms with E-state index in [1.165, 1.54) is 4.88 Å². The Kier molecular flexibility index (Phi) is 4.23. The zero-order valence-electron chi connectivity index (χ0n) is 12.6. The highest BCUT2D eigenvalue weighted by molar-refractivity contribution is 7.15. The summed E-state index contributed by atoms with van der Waals surface area (Å²) in [4.78, 5) is 19.4. The molecule has 0 radical (unpaired) electrons. The van der Waals surface area contributed by atoms with Crippen LogP contribution in [-0.4, -0.2) is 29.9 Å². The minimum Gasteiger partial charge on any atom is -0.345 e. The fourth-order valence-electron chi connectivity index (χ4n) is 2.08. The molecule has 20 heavy (non-hydrogen) atoms. The van der Waals surface area contributed by atoms with E-state index in [0.717, 1.165) is 16.3 Å². The van der Waals surface area contributed by atoms with Crippen LogP contribution in [0, 0.1) is 6.92 Å². The molecule has 4 heteroatoms. The Balaban J connectivity index is 2.31. The van der Waals surface area contributed by atoms with Crippen molar-refractivity contribution in [1.82, 2.24) is 9.88 Å². The van der Waals surface area contributed by atoms with Gasteiger partial charge in [0, 0.05) is 30.1 Å². The van der Waals surface area contributed by atoms with Gasteiger partial charge in [-0.15, -0.1) is 11.3 Å². The van der Waals surface area contributed by atoms with E-state index in [2.05, 4.69) is 25.8 Å². The molecule has 1 aromatic carbocycles. The van der Waals surface area contributed by atoms with E-state index in [4.69, 9.17) is 0 Å². The fraction of sp³-hybridized carbons (Fsp3) is 0.375. The molecular weight excluding hydrogens is 268 g/mol. The third-order valence-electron chi connectivity index (χ3n) is 3.14. The van der Waals surface area contributed by atoms with Gasteiger partial charge in [-0.3, -0.25) is 4.79 Å². The monoisotopic (exact) mass is 288 g/mol. The molecule has 3 nitrogen and oxygen atoms in total. The largest absolute Gasteiger partial charge is 0.345 e. The smallest absolute Gasteiger partial charge is 0.253 e. The summed E-state index contributed by atoms with van der Waals surface area (Å²) >= 11 is 1.73. The lowest BCUT2D eigenvalue weighted by atomic mass is 10.1. The fourth-order valence-corrected chi connectivity index (χ4v) is 3.15. The van der Waals surface area contributed by atoms with E-state index in [9.17, 15) is 4.79 Å². The van der Waals surface area contributed by atoms with E-state index in [0.29, 0.717) is 11.5 Å². The Morgan fingerprint density at radius 1 is 1.20 bits per heavy atom. The molecule has 0 unspecified atom stereocenters. The predicted molar refractivity (Wildman–Crippen MR) is 84.4 cm³/mol. The van der Waals surface area contributed by atoms with Crippen molar-refractivity contribution in [2.24, 2.45) is 0 Å². The molecular formula is C16H20N2OS. The first-order chi connectivity index (χ1) is 9.40. The van der Waals surface area contributed by atoms with Gasteiger partial charge in [-0.25, -0.2) is 4.98 Å². The topological polar surface area (TPSA) is 33.2 Å². The van der Waals surface area contributed by atoms with Gasteiger partial charge in [0.2, 0.25) is 0 Å². The van der Waals surface area contributed by atoms with Crippen LogP contribution in [0.3, 0.4) is 0 Å². The number of benzene rings is 1. The zero-order valence-corrected chi connectivity index (χ0v) is 13.4. The highest BCUT2D eigenvalue weighted by Gasteiger charge is 2.13. The average Bonchev–Trinajstić information content (AvgIpc) is 2.80. The summed E-state index contributed by atoms with van der Waals surface area (Å²) in [6.07, 6.45) is 0. The number of thiazole rings is 1. The molecule has 0 bridgehead atoms. The Morgan fingerprint density at radius 3 is 2.25 bits per heavy atom. The van der Waals surface area contributed by atoms with E-state index < -0.39 is 0 Å². The quantitative estimate of drug-likeness (QED) is 0.857. The molecule has 2 aromatic rings. The van der Waals surface area contributed by atoms with E-state index >= 15 is 0 Å². The number of carbonyl (C=O) groups excluding carboxylic acids is 1. The minimum absolute atomic E-state index is 0.0229. The molecule has 0 saturated carbocycles. The molecule has 0 aliphatic rings. The van der Waals surface area contributed by atoms with Gasteiger partial charge in [0.25, 0.3) is 5.91 Å². The number of amides is 1. The van der Waals surface area contributed by atoms with Crippen LogP contribution < -0.4 is 0 Å². The first-order valence-electron chi connectivity index (χ1n) is 6.69. The summed E-state index contributed by atoms with van der Waals surface area (Å²) < 4.78 is 0. The van der Waals surface area contributed by atoms with Crippen LogP contribution in [0.5, 0.6) is 0 Å². The van der Waals surface area contributed by atoms with Crippen LogP contribution in [0.1, 0.15) is 40.7 Å². The third kappa shape index (κ3) is 2.90. The van der Waals surface area contributed by atoms with Crippen molar-refractivity contribution < 1.29 is 4.79 Å². The molecule has 0 aliphatic carbocycles. The summed E-state index contributed by atoms with van der Waals surface area (Å²) in [5.41, 5.74) is 2.88. The Labute approximate surface area is 124 Å². The highest BCUT2D eigenvalue weighted by atomic mass is 32.1. The molecule has 0 atom stereocenters. The van der Waals surface area contributed by atoms with Crippen LogP contribution in [0.4, 0.5) is 0 Å². The molecule has 106 valence electrons. The maximum Gasteiger partial charge on any atom is 0.253 e. The van der Waals surface area contributed by atoms with Crippen molar-refractivity contribution >= 4 is 17.2 Å². The first-order valence-corrected chi connectivity index (χ1v) is 7.51. The molecule has 2 rings (SSSR count). The van der Waals surface area contributed by atoms with Crippen molar-refractivity contribution in [3.8, 4) is 10.6 Å². The minimum atomic E-state index is 0.0229. The number of aromatic nitrogens is 1. The zero-order chi connectivity index (χ0) is 14.9. The molecule has 0 saturated heterocycles. The van der Waals surface area contributed by atoms with E-state index in [-0.39, 0.29) is 5.91 Å². The standard InChI is InChI=1S/C16H20N2OS/c1-10(2)14-11(3)17-15(20-14)12-6-8-13(9-7-12)16(19)18(4)5/h6-10H,1-5H3. The molecule has 0 aliphatic heterocycles. The number of carbonyl (C=O) groups is 1.